The highest BCUT2D eigenvalue weighted by Crippen LogP contribution is 2.57. The molecule has 1 aromatic rings. The van der Waals surface area contributed by atoms with Crippen LogP contribution < -0.4 is 10.6 Å². The molecule has 1 aliphatic heterocycles. The van der Waals surface area contributed by atoms with Gasteiger partial charge in [0, 0.05) is 5.69 Å². The number of aryl methyl sites for hydroxylation is 1. The Morgan fingerprint density at radius 3 is 2.33 bits per heavy atom. The maximum Gasteiger partial charge on any atom is 0.196 e. The van der Waals surface area contributed by atoms with E-state index in [9.17, 15) is 0 Å². The summed E-state index contributed by atoms with van der Waals surface area (Å²) in [7, 11) is 0. The van der Waals surface area contributed by atoms with Crippen LogP contribution in [0, 0.1) is 12.3 Å². The van der Waals surface area contributed by atoms with Crippen molar-refractivity contribution >= 4 is 11.6 Å². The molecular weight excluding hydrogens is 222 g/mol. The Hall–Kier alpha value is -1.51. The van der Waals surface area contributed by atoms with Crippen molar-refractivity contribution in [2.75, 3.05) is 11.4 Å². The summed E-state index contributed by atoms with van der Waals surface area (Å²) in [6.07, 6.45) is 2.54. The van der Waals surface area contributed by atoms with E-state index < -0.39 is 0 Å². The zero-order valence-corrected chi connectivity index (χ0v) is 11.4. The second-order valence-electron chi connectivity index (χ2n) is 6.18. The number of nitrogens with two attached hydrogens (primary N) is 1. The molecule has 1 unspecified atom stereocenters. The molecule has 3 nitrogen and oxygen atoms in total. The molecule has 0 amide bonds. The number of anilines is 1. The molecule has 0 radical (unpaired) electrons. The van der Waals surface area contributed by atoms with Gasteiger partial charge in [0.25, 0.3) is 0 Å². The van der Waals surface area contributed by atoms with Gasteiger partial charge in [-0.1, -0.05) is 24.6 Å². The Labute approximate surface area is 109 Å². The van der Waals surface area contributed by atoms with Crippen LogP contribution in [-0.2, 0) is 0 Å². The first-order chi connectivity index (χ1) is 8.46. The molecule has 1 aliphatic carbocycles. The first kappa shape index (κ1) is 11.6. The minimum Gasteiger partial charge on any atom is -0.369 e. The smallest absolute Gasteiger partial charge is 0.196 e. The molecule has 1 fully saturated rings. The SMILES string of the molecule is Cc1ccc(N2C(N)=NCC2(C)C2(C)CC2)cc1. The summed E-state index contributed by atoms with van der Waals surface area (Å²) < 4.78 is 0. The van der Waals surface area contributed by atoms with Crippen LogP contribution >= 0.6 is 0 Å². The quantitative estimate of drug-likeness (QED) is 0.867. The van der Waals surface area contributed by atoms with E-state index in [1.54, 1.807) is 0 Å². The highest BCUT2D eigenvalue weighted by molar-refractivity contribution is 5.98. The van der Waals surface area contributed by atoms with Crippen LogP contribution in [0.4, 0.5) is 5.69 Å². The highest BCUT2D eigenvalue weighted by Gasteiger charge is 2.58. The number of benzene rings is 1. The van der Waals surface area contributed by atoms with E-state index in [-0.39, 0.29) is 5.54 Å². The Morgan fingerprint density at radius 1 is 1.17 bits per heavy atom. The summed E-state index contributed by atoms with van der Waals surface area (Å²) in [5.74, 6) is 0.662. The summed E-state index contributed by atoms with van der Waals surface area (Å²) in [6.45, 7) is 7.56. The first-order valence-electron chi connectivity index (χ1n) is 6.63. The number of aliphatic imine (C=N–C) groups is 1. The molecule has 1 saturated carbocycles. The molecule has 1 atom stereocenters. The third-order valence-corrected chi connectivity index (χ3v) is 4.86. The Kier molecular flexibility index (Phi) is 2.25. The molecule has 3 rings (SSSR count). The van der Waals surface area contributed by atoms with E-state index in [1.807, 2.05) is 0 Å². The number of hydrogen-bond donors (Lipinski definition) is 1. The molecule has 2 aliphatic rings. The van der Waals surface area contributed by atoms with Crippen LogP contribution in [0.15, 0.2) is 29.3 Å². The van der Waals surface area contributed by atoms with Gasteiger partial charge in [0.15, 0.2) is 5.96 Å². The number of nitrogens with zero attached hydrogens (tertiary/aromatic N) is 2. The fourth-order valence-corrected chi connectivity index (χ4v) is 2.93. The molecule has 3 heteroatoms. The third kappa shape index (κ3) is 1.46. The van der Waals surface area contributed by atoms with Gasteiger partial charge in [0.2, 0.25) is 0 Å². The predicted octanol–water partition coefficient (Wildman–Crippen LogP) is 2.69. The summed E-state index contributed by atoms with van der Waals surface area (Å²) in [5.41, 5.74) is 8.94. The van der Waals surface area contributed by atoms with Crippen LogP contribution in [0.3, 0.4) is 0 Å². The zero-order valence-electron chi connectivity index (χ0n) is 11.4. The topological polar surface area (TPSA) is 41.6 Å². The lowest BCUT2D eigenvalue weighted by Crippen LogP contribution is -2.55. The number of hydrogen-bond acceptors (Lipinski definition) is 3. The molecular formula is C15H21N3. The summed E-state index contributed by atoms with van der Waals surface area (Å²) >= 11 is 0. The van der Waals surface area contributed by atoms with E-state index in [0.29, 0.717) is 11.4 Å². The predicted molar refractivity (Wildman–Crippen MR) is 75.9 cm³/mol. The fraction of sp³-hybridized carbons (Fsp3) is 0.533. The van der Waals surface area contributed by atoms with Gasteiger partial charge in [0.1, 0.15) is 0 Å². The highest BCUT2D eigenvalue weighted by atomic mass is 15.4. The maximum absolute atomic E-state index is 6.13. The van der Waals surface area contributed by atoms with Crippen LogP contribution in [0.5, 0.6) is 0 Å². The van der Waals surface area contributed by atoms with Crippen molar-refractivity contribution in [2.45, 2.75) is 39.2 Å². The number of rotatable bonds is 2. The zero-order chi connectivity index (χ0) is 13.0. The lowest BCUT2D eigenvalue weighted by Gasteiger charge is -2.41. The van der Waals surface area contributed by atoms with Gasteiger partial charge in [-0.2, -0.15) is 0 Å². The molecule has 0 bridgehead atoms. The standard InChI is InChI=1S/C15H21N3/c1-11-4-6-12(7-5-11)18-13(16)17-10-15(18,3)14(2)8-9-14/h4-7H,8-10H2,1-3H3,(H2,16,17). The first-order valence-corrected chi connectivity index (χ1v) is 6.63. The van der Waals surface area contributed by atoms with Gasteiger partial charge in [-0.25, -0.2) is 0 Å². The summed E-state index contributed by atoms with van der Waals surface area (Å²) in [5, 5.41) is 0. The van der Waals surface area contributed by atoms with Gasteiger partial charge in [0.05, 0.1) is 12.1 Å². The lowest BCUT2D eigenvalue weighted by molar-refractivity contribution is 0.318. The van der Waals surface area contributed by atoms with Crippen molar-refractivity contribution < 1.29 is 0 Å². The van der Waals surface area contributed by atoms with Gasteiger partial charge in [-0.3, -0.25) is 4.99 Å². The Bertz CT molecular complexity index is 499. The van der Waals surface area contributed by atoms with Crippen molar-refractivity contribution in [2.24, 2.45) is 16.1 Å². The largest absolute Gasteiger partial charge is 0.369 e. The Balaban J connectivity index is 2.02. The van der Waals surface area contributed by atoms with Crippen molar-refractivity contribution in [3.05, 3.63) is 29.8 Å². The Morgan fingerprint density at radius 2 is 1.78 bits per heavy atom. The molecule has 2 N–H and O–H groups in total. The van der Waals surface area contributed by atoms with Crippen LogP contribution in [0.2, 0.25) is 0 Å². The van der Waals surface area contributed by atoms with Gasteiger partial charge in [-0.15, -0.1) is 0 Å². The van der Waals surface area contributed by atoms with Crippen molar-refractivity contribution in [3.8, 4) is 0 Å². The normalized spacial score (nSPS) is 29.3. The van der Waals surface area contributed by atoms with E-state index in [0.717, 1.165) is 12.2 Å². The average molecular weight is 243 g/mol. The second-order valence-corrected chi connectivity index (χ2v) is 6.18. The van der Waals surface area contributed by atoms with E-state index in [2.05, 4.69) is 54.9 Å². The minimum absolute atomic E-state index is 0.0341. The molecule has 0 spiro atoms. The van der Waals surface area contributed by atoms with Crippen molar-refractivity contribution in [3.63, 3.8) is 0 Å². The minimum atomic E-state index is 0.0341. The summed E-state index contributed by atoms with van der Waals surface area (Å²) in [6, 6.07) is 8.56. The lowest BCUT2D eigenvalue weighted by atomic mass is 9.82. The average Bonchev–Trinajstić information content (AvgIpc) is 3.02. The third-order valence-electron chi connectivity index (χ3n) is 4.86. The van der Waals surface area contributed by atoms with Crippen molar-refractivity contribution in [1.82, 2.24) is 0 Å². The van der Waals surface area contributed by atoms with Gasteiger partial charge >= 0.3 is 0 Å². The monoisotopic (exact) mass is 243 g/mol. The fourth-order valence-electron chi connectivity index (χ4n) is 2.93. The van der Waals surface area contributed by atoms with E-state index in [1.165, 1.54) is 18.4 Å². The second kappa shape index (κ2) is 3.50. The van der Waals surface area contributed by atoms with Crippen LogP contribution in [0.25, 0.3) is 0 Å². The maximum atomic E-state index is 6.13. The summed E-state index contributed by atoms with van der Waals surface area (Å²) in [4.78, 5) is 6.73. The van der Waals surface area contributed by atoms with Crippen molar-refractivity contribution in [1.29, 1.82) is 0 Å². The van der Waals surface area contributed by atoms with Crippen LogP contribution in [0.1, 0.15) is 32.3 Å². The molecule has 0 aromatic heterocycles. The molecule has 1 heterocycles. The van der Waals surface area contributed by atoms with Gasteiger partial charge in [-0.05, 0) is 44.2 Å². The molecule has 96 valence electrons. The molecule has 18 heavy (non-hydrogen) atoms. The molecule has 0 saturated heterocycles. The molecule has 1 aromatic carbocycles. The van der Waals surface area contributed by atoms with Crippen LogP contribution in [-0.4, -0.2) is 18.0 Å². The van der Waals surface area contributed by atoms with E-state index >= 15 is 0 Å². The van der Waals surface area contributed by atoms with E-state index in [4.69, 9.17) is 5.73 Å². The van der Waals surface area contributed by atoms with Gasteiger partial charge < -0.3 is 10.6 Å². The number of guanidine groups is 1.